The first-order valence-electron chi connectivity index (χ1n) is 5.38. The molecule has 86 valence electrons. The van der Waals surface area contributed by atoms with Gasteiger partial charge in [-0.25, -0.2) is 0 Å². The molecule has 0 atom stereocenters. The van der Waals surface area contributed by atoms with Crippen LogP contribution in [-0.4, -0.2) is 18.2 Å². The molecule has 1 aromatic rings. The predicted octanol–water partition coefficient (Wildman–Crippen LogP) is 2.27. The third-order valence-electron chi connectivity index (χ3n) is 2.09. The summed E-state index contributed by atoms with van der Waals surface area (Å²) in [6.07, 6.45) is 0.982. The molecule has 1 rings (SSSR count). The van der Waals surface area contributed by atoms with E-state index in [2.05, 4.69) is 29.3 Å². The third-order valence-corrected chi connectivity index (χ3v) is 2.38. The zero-order valence-electron chi connectivity index (χ0n) is 9.62. The molecule has 0 aromatic heterocycles. The van der Waals surface area contributed by atoms with Crippen molar-refractivity contribution in [1.29, 1.82) is 0 Å². The van der Waals surface area contributed by atoms with Crippen LogP contribution in [0, 0.1) is 0 Å². The van der Waals surface area contributed by atoms with Crippen molar-refractivity contribution >= 4 is 17.3 Å². The molecular weight excluding hydrogens is 216 g/mol. The number of benzene rings is 1. The van der Waals surface area contributed by atoms with Crippen molar-refractivity contribution in [3.05, 3.63) is 48.0 Å². The first-order valence-corrected chi connectivity index (χ1v) is 5.79. The molecule has 0 radical (unpaired) electrons. The lowest BCUT2D eigenvalue weighted by atomic mass is 10.1. The van der Waals surface area contributed by atoms with Gasteiger partial charge in [-0.05, 0) is 31.1 Å². The van der Waals surface area contributed by atoms with Crippen molar-refractivity contribution in [2.24, 2.45) is 0 Å². The normalized spacial score (nSPS) is 9.56. The van der Waals surface area contributed by atoms with Gasteiger partial charge in [0.15, 0.2) is 5.11 Å². The molecular formula is C13H18N2S. The number of hydrogen-bond donors (Lipinski definition) is 2. The molecule has 1 aromatic carbocycles. The summed E-state index contributed by atoms with van der Waals surface area (Å²) in [4.78, 5) is 0. The molecule has 0 aliphatic rings. The highest BCUT2D eigenvalue weighted by Gasteiger charge is 1.95. The Bertz CT molecular complexity index is 346. The maximum Gasteiger partial charge on any atom is 0.166 e. The Morgan fingerprint density at radius 1 is 1.25 bits per heavy atom. The minimum atomic E-state index is 0.693. The van der Waals surface area contributed by atoms with E-state index in [1.165, 1.54) is 5.56 Å². The average molecular weight is 234 g/mol. The maximum absolute atomic E-state index is 5.12. The van der Waals surface area contributed by atoms with Crippen LogP contribution in [0.3, 0.4) is 0 Å². The molecule has 16 heavy (non-hydrogen) atoms. The lowest BCUT2D eigenvalue weighted by Crippen LogP contribution is -2.37. The quantitative estimate of drug-likeness (QED) is 0.604. The van der Waals surface area contributed by atoms with Crippen LogP contribution in [-0.2, 0) is 6.42 Å². The van der Waals surface area contributed by atoms with E-state index >= 15 is 0 Å². The zero-order valence-corrected chi connectivity index (χ0v) is 10.4. The van der Waals surface area contributed by atoms with Crippen LogP contribution < -0.4 is 10.6 Å². The van der Waals surface area contributed by atoms with E-state index in [0.29, 0.717) is 5.11 Å². The Kier molecular flexibility index (Phi) is 5.57. The number of nitrogens with one attached hydrogen (secondary N) is 2. The van der Waals surface area contributed by atoms with Gasteiger partial charge in [-0.15, -0.1) is 0 Å². The van der Waals surface area contributed by atoms with Crippen LogP contribution in [0.5, 0.6) is 0 Å². The second-order valence-electron chi connectivity index (χ2n) is 3.80. The third kappa shape index (κ3) is 5.51. The van der Waals surface area contributed by atoms with Crippen LogP contribution in [0.2, 0.25) is 0 Å². The Labute approximate surface area is 103 Å². The molecule has 0 aliphatic carbocycles. The average Bonchev–Trinajstić information content (AvgIpc) is 2.28. The van der Waals surface area contributed by atoms with Crippen LogP contribution >= 0.6 is 12.2 Å². The van der Waals surface area contributed by atoms with Crippen molar-refractivity contribution in [3.63, 3.8) is 0 Å². The smallest absolute Gasteiger partial charge is 0.166 e. The SMILES string of the molecule is C=C(C)CNC(=S)NCCc1ccccc1. The van der Waals surface area contributed by atoms with E-state index in [1.807, 2.05) is 25.1 Å². The summed E-state index contributed by atoms with van der Waals surface area (Å²) in [6.45, 7) is 7.36. The molecule has 3 heteroatoms. The highest BCUT2D eigenvalue weighted by Crippen LogP contribution is 1.97. The Morgan fingerprint density at radius 2 is 1.94 bits per heavy atom. The molecule has 2 N–H and O–H groups in total. The van der Waals surface area contributed by atoms with Crippen LogP contribution in [0.1, 0.15) is 12.5 Å². The Balaban J connectivity index is 2.16. The van der Waals surface area contributed by atoms with E-state index < -0.39 is 0 Å². The molecule has 0 saturated carbocycles. The van der Waals surface area contributed by atoms with Crippen LogP contribution in [0.4, 0.5) is 0 Å². The van der Waals surface area contributed by atoms with Crippen molar-refractivity contribution < 1.29 is 0 Å². The molecule has 2 nitrogen and oxygen atoms in total. The van der Waals surface area contributed by atoms with E-state index in [0.717, 1.165) is 25.1 Å². The summed E-state index contributed by atoms with van der Waals surface area (Å²) in [5.74, 6) is 0. The van der Waals surface area contributed by atoms with Crippen molar-refractivity contribution in [3.8, 4) is 0 Å². The van der Waals surface area contributed by atoms with E-state index in [9.17, 15) is 0 Å². The fourth-order valence-corrected chi connectivity index (χ4v) is 1.43. The van der Waals surface area contributed by atoms with Gasteiger partial charge in [-0.1, -0.05) is 42.5 Å². The van der Waals surface area contributed by atoms with Gasteiger partial charge in [0.2, 0.25) is 0 Å². The Morgan fingerprint density at radius 3 is 2.56 bits per heavy atom. The van der Waals surface area contributed by atoms with Crippen molar-refractivity contribution in [2.75, 3.05) is 13.1 Å². The summed E-state index contributed by atoms with van der Waals surface area (Å²) in [7, 11) is 0. The van der Waals surface area contributed by atoms with Crippen LogP contribution in [0.25, 0.3) is 0 Å². The molecule has 0 unspecified atom stereocenters. The second-order valence-corrected chi connectivity index (χ2v) is 4.21. The lowest BCUT2D eigenvalue weighted by molar-refractivity contribution is 0.834. The zero-order chi connectivity index (χ0) is 11.8. The summed E-state index contributed by atoms with van der Waals surface area (Å²) in [5, 5.41) is 6.95. The van der Waals surface area contributed by atoms with Gasteiger partial charge in [0.05, 0.1) is 0 Å². The standard InChI is InChI=1S/C13H18N2S/c1-11(2)10-15-13(16)14-9-8-12-6-4-3-5-7-12/h3-7H,1,8-10H2,2H3,(H2,14,15,16). The lowest BCUT2D eigenvalue weighted by Gasteiger charge is -2.10. The topological polar surface area (TPSA) is 24.1 Å². The largest absolute Gasteiger partial charge is 0.362 e. The van der Waals surface area contributed by atoms with Gasteiger partial charge in [0.1, 0.15) is 0 Å². The van der Waals surface area contributed by atoms with E-state index in [4.69, 9.17) is 12.2 Å². The monoisotopic (exact) mass is 234 g/mol. The number of rotatable bonds is 5. The molecule has 0 fully saturated rings. The minimum Gasteiger partial charge on any atom is -0.362 e. The molecule has 0 saturated heterocycles. The summed E-state index contributed by atoms with van der Waals surface area (Å²) >= 11 is 5.12. The Hall–Kier alpha value is -1.35. The van der Waals surface area contributed by atoms with Crippen LogP contribution in [0.15, 0.2) is 42.5 Å². The van der Waals surface area contributed by atoms with Gasteiger partial charge >= 0.3 is 0 Å². The molecule has 0 heterocycles. The molecule has 0 aliphatic heterocycles. The molecule has 0 bridgehead atoms. The molecule has 0 amide bonds. The van der Waals surface area contributed by atoms with Gasteiger partial charge in [-0.2, -0.15) is 0 Å². The maximum atomic E-state index is 5.12. The van der Waals surface area contributed by atoms with Gasteiger partial charge in [0, 0.05) is 13.1 Å². The first kappa shape index (κ1) is 12.7. The summed E-state index contributed by atoms with van der Waals surface area (Å²) < 4.78 is 0. The molecule has 0 spiro atoms. The highest BCUT2D eigenvalue weighted by molar-refractivity contribution is 7.80. The van der Waals surface area contributed by atoms with Crippen molar-refractivity contribution in [1.82, 2.24) is 10.6 Å². The second kappa shape index (κ2) is 7.01. The van der Waals surface area contributed by atoms with E-state index in [-0.39, 0.29) is 0 Å². The van der Waals surface area contributed by atoms with E-state index in [1.54, 1.807) is 0 Å². The van der Waals surface area contributed by atoms with Crippen molar-refractivity contribution in [2.45, 2.75) is 13.3 Å². The minimum absolute atomic E-state index is 0.693. The number of thiocarbonyl (C=S) groups is 1. The van der Waals surface area contributed by atoms with Gasteiger partial charge < -0.3 is 10.6 Å². The predicted molar refractivity (Wildman–Crippen MR) is 73.6 cm³/mol. The summed E-state index contributed by atoms with van der Waals surface area (Å²) in [6, 6.07) is 10.4. The first-order chi connectivity index (χ1) is 7.68. The fraction of sp³-hybridized carbons (Fsp3) is 0.308. The van der Waals surface area contributed by atoms with Gasteiger partial charge in [0.25, 0.3) is 0 Å². The highest BCUT2D eigenvalue weighted by atomic mass is 32.1. The number of hydrogen-bond acceptors (Lipinski definition) is 1. The summed E-state index contributed by atoms with van der Waals surface area (Å²) in [5.41, 5.74) is 2.39. The van der Waals surface area contributed by atoms with Gasteiger partial charge in [-0.3, -0.25) is 0 Å². The fourth-order valence-electron chi connectivity index (χ4n) is 1.26.